The summed E-state index contributed by atoms with van der Waals surface area (Å²) < 4.78 is 0. The van der Waals surface area contributed by atoms with Crippen LogP contribution in [-0.2, 0) is 4.79 Å². The lowest BCUT2D eigenvalue weighted by atomic mass is 9.89. The van der Waals surface area contributed by atoms with E-state index < -0.39 is 0 Å². The Morgan fingerprint density at radius 3 is 2.48 bits per heavy atom. The number of fused-ring (bicyclic) bond motifs is 2. The Hall–Kier alpha value is -0.480. The molecule has 2 saturated heterocycles. The van der Waals surface area contributed by atoms with E-state index >= 15 is 0 Å². The first-order chi connectivity index (χ1) is 9.60. The highest BCUT2D eigenvalue weighted by molar-refractivity contribution is 6.42. The molecule has 1 aromatic carbocycles. The van der Waals surface area contributed by atoms with Crippen molar-refractivity contribution in [3.63, 3.8) is 0 Å². The van der Waals surface area contributed by atoms with Gasteiger partial charge in [0.2, 0.25) is 5.91 Å². The van der Waals surface area contributed by atoms with E-state index in [4.69, 9.17) is 23.2 Å². The van der Waals surface area contributed by atoms with Gasteiger partial charge in [-0.3, -0.25) is 4.79 Å². The lowest BCUT2D eigenvalue weighted by Crippen LogP contribution is -2.39. The number of piperidine rings is 1. The molecular formula is C15H19Cl3N2O. The summed E-state index contributed by atoms with van der Waals surface area (Å²) in [6, 6.07) is 6.41. The molecule has 2 aliphatic rings. The Balaban J connectivity index is 0.00000161. The van der Waals surface area contributed by atoms with Crippen molar-refractivity contribution in [2.45, 2.75) is 44.2 Å². The van der Waals surface area contributed by atoms with E-state index in [2.05, 4.69) is 10.6 Å². The minimum absolute atomic E-state index is 0. The Kier molecular flexibility index (Phi) is 5.78. The first-order valence-electron chi connectivity index (χ1n) is 7.11. The second-order valence-corrected chi connectivity index (χ2v) is 6.67. The van der Waals surface area contributed by atoms with Crippen molar-refractivity contribution in [2.24, 2.45) is 5.92 Å². The zero-order chi connectivity index (χ0) is 14.1. The quantitative estimate of drug-likeness (QED) is 0.855. The van der Waals surface area contributed by atoms with Crippen LogP contribution < -0.4 is 10.6 Å². The molecule has 3 rings (SSSR count). The number of carbonyl (C=O) groups excluding carboxylic acids is 1. The topological polar surface area (TPSA) is 41.1 Å². The molecule has 3 nitrogen and oxygen atoms in total. The molecular weight excluding hydrogens is 331 g/mol. The van der Waals surface area contributed by atoms with Gasteiger partial charge in [-0.1, -0.05) is 23.2 Å². The molecule has 0 aliphatic carbocycles. The fourth-order valence-electron chi connectivity index (χ4n) is 3.39. The van der Waals surface area contributed by atoms with Gasteiger partial charge in [-0.25, -0.2) is 0 Å². The molecule has 116 valence electrons. The third-order valence-corrected chi connectivity index (χ3v) is 4.99. The highest BCUT2D eigenvalue weighted by Gasteiger charge is 2.34. The van der Waals surface area contributed by atoms with Gasteiger partial charge in [-0.05, 0) is 49.8 Å². The molecule has 0 spiro atoms. The largest absolute Gasteiger partial charge is 0.326 e. The summed E-state index contributed by atoms with van der Waals surface area (Å²) in [5.74, 6) is 0.561. The molecule has 2 bridgehead atoms. The molecule has 2 aliphatic heterocycles. The fraction of sp³-hybridized carbons (Fsp3) is 0.533. The van der Waals surface area contributed by atoms with Gasteiger partial charge in [0.25, 0.3) is 0 Å². The van der Waals surface area contributed by atoms with E-state index in [1.54, 1.807) is 18.2 Å². The second kappa shape index (κ2) is 7.19. The van der Waals surface area contributed by atoms with Crippen molar-refractivity contribution in [3.05, 3.63) is 28.2 Å². The molecule has 2 heterocycles. The first kappa shape index (κ1) is 16.9. The molecule has 0 saturated carbocycles. The van der Waals surface area contributed by atoms with Crippen LogP contribution in [0.3, 0.4) is 0 Å². The van der Waals surface area contributed by atoms with Gasteiger partial charge in [0, 0.05) is 24.2 Å². The van der Waals surface area contributed by atoms with Gasteiger partial charge in [0.1, 0.15) is 0 Å². The number of carbonyl (C=O) groups is 1. The summed E-state index contributed by atoms with van der Waals surface area (Å²) in [6.45, 7) is 0. The summed E-state index contributed by atoms with van der Waals surface area (Å²) >= 11 is 11.8. The lowest BCUT2D eigenvalue weighted by molar-refractivity contribution is -0.117. The van der Waals surface area contributed by atoms with Gasteiger partial charge in [0.05, 0.1) is 10.0 Å². The van der Waals surface area contributed by atoms with Gasteiger partial charge in [0.15, 0.2) is 0 Å². The smallest absolute Gasteiger partial charge is 0.224 e. The SMILES string of the molecule is Cl.O=C(CC1CC2CCC(C1)N2)Nc1ccc(Cl)c(Cl)c1. The van der Waals surface area contributed by atoms with Crippen molar-refractivity contribution in [2.75, 3.05) is 5.32 Å². The van der Waals surface area contributed by atoms with Crippen LogP contribution in [0, 0.1) is 5.92 Å². The number of amides is 1. The maximum absolute atomic E-state index is 12.1. The van der Waals surface area contributed by atoms with E-state index in [-0.39, 0.29) is 18.3 Å². The van der Waals surface area contributed by atoms with Crippen LogP contribution in [0.2, 0.25) is 10.0 Å². The number of hydrogen-bond acceptors (Lipinski definition) is 2. The minimum Gasteiger partial charge on any atom is -0.326 e. The summed E-state index contributed by atoms with van der Waals surface area (Å²) in [7, 11) is 0. The van der Waals surface area contributed by atoms with Crippen LogP contribution in [0.15, 0.2) is 18.2 Å². The van der Waals surface area contributed by atoms with E-state index in [1.165, 1.54) is 12.8 Å². The first-order valence-corrected chi connectivity index (χ1v) is 7.86. The molecule has 21 heavy (non-hydrogen) atoms. The van der Waals surface area contributed by atoms with Crippen LogP contribution in [-0.4, -0.2) is 18.0 Å². The summed E-state index contributed by atoms with van der Waals surface area (Å²) in [4.78, 5) is 12.1. The Morgan fingerprint density at radius 2 is 1.86 bits per heavy atom. The predicted molar refractivity (Wildman–Crippen MR) is 89.6 cm³/mol. The number of hydrogen-bond donors (Lipinski definition) is 2. The molecule has 1 amide bonds. The Morgan fingerprint density at radius 1 is 1.19 bits per heavy atom. The fourth-order valence-corrected chi connectivity index (χ4v) is 3.69. The Labute approximate surface area is 141 Å². The number of nitrogens with one attached hydrogen (secondary N) is 2. The van der Waals surface area contributed by atoms with Crippen molar-refractivity contribution >= 4 is 47.2 Å². The molecule has 6 heteroatoms. The van der Waals surface area contributed by atoms with Crippen molar-refractivity contribution < 1.29 is 4.79 Å². The molecule has 1 aromatic rings. The molecule has 2 atom stereocenters. The summed E-state index contributed by atoms with van der Waals surface area (Å²) in [6.07, 6.45) is 5.34. The Bertz CT molecular complexity index is 512. The summed E-state index contributed by atoms with van der Waals surface area (Å²) in [5, 5.41) is 7.46. The van der Waals surface area contributed by atoms with Crippen LogP contribution in [0.4, 0.5) is 5.69 Å². The zero-order valence-electron chi connectivity index (χ0n) is 11.6. The average molecular weight is 350 g/mol. The van der Waals surface area contributed by atoms with E-state index in [0.29, 0.717) is 40.2 Å². The van der Waals surface area contributed by atoms with Crippen molar-refractivity contribution in [3.8, 4) is 0 Å². The second-order valence-electron chi connectivity index (χ2n) is 5.86. The highest BCUT2D eigenvalue weighted by atomic mass is 35.5. The predicted octanol–water partition coefficient (Wildman–Crippen LogP) is 4.27. The minimum atomic E-state index is 0. The van der Waals surface area contributed by atoms with Crippen LogP contribution >= 0.6 is 35.6 Å². The molecule has 2 fully saturated rings. The number of benzene rings is 1. The monoisotopic (exact) mass is 348 g/mol. The van der Waals surface area contributed by atoms with Crippen molar-refractivity contribution in [1.29, 1.82) is 0 Å². The third kappa shape index (κ3) is 4.26. The van der Waals surface area contributed by atoms with Gasteiger partial charge in [-0.2, -0.15) is 0 Å². The highest BCUT2D eigenvalue weighted by Crippen LogP contribution is 2.33. The molecule has 2 N–H and O–H groups in total. The van der Waals surface area contributed by atoms with Gasteiger partial charge in [-0.15, -0.1) is 12.4 Å². The normalized spacial score (nSPS) is 27.0. The maximum Gasteiger partial charge on any atom is 0.224 e. The molecule has 0 aromatic heterocycles. The average Bonchev–Trinajstić information content (AvgIpc) is 2.73. The van der Waals surface area contributed by atoms with Crippen molar-refractivity contribution in [1.82, 2.24) is 5.32 Å². The number of rotatable bonds is 3. The lowest BCUT2D eigenvalue weighted by Gasteiger charge is -2.28. The van der Waals surface area contributed by atoms with E-state index in [0.717, 1.165) is 12.8 Å². The van der Waals surface area contributed by atoms with Crippen LogP contribution in [0.25, 0.3) is 0 Å². The number of anilines is 1. The van der Waals surface area contributed by atoms with Gasteiger partial charge < -0.3 is 10.6 Å². The maximum atomic E-state index is 12.1. The summed E-state index contributed by atoms with van der Waals surface area (Å²) in [5.41, 5.74) is 0.710. The van der Waals surface area contributed by atoms with Crippen LogP contribution in [0.5, 0.6) is 0 Å². The van der Waals surface area contributed by atoms with Gasteiger partial charge >= 0.3 is 0 Å². The molecule has 0 radical (unpaired) electrons. The third-order valence-electron chi connectivity index (χ3n) is 4.25. The molecule has 2 unspecified atom stereocenters. The number of halogens is 3. The van der Waals surface area contributed by atoms with E-state index in [1.807, 2.05) is 0 Å². The standard InChI is InChI=1S/C15H18Cl2N2O.ClH/c16-13-4-3-12(8-14(13)17)19-15(20)7-9-5-10-1-2-11(6-9)18-10;/h3-4,8-11,18H,1-2,5-7H2,(H,19,20);1H. The zero-order valence-corrected chi connectivity index (χ0v) is 13.9. The van der Waals surface area contributed by atoms with E-state index in [9.17, 15) is 4.79 Å². The van der Waals surface area contributed by atoms with Crippen LogP contribution in [0.1, 0.15) is 32.1 Å².